The second-order valence-electron chi connectivity index (χ2n) is 4.77. The van der Waals surface area contributed by atoms with Crippen molar-refractivity contribution in [2.24, 2.45) is 5.73 Å². The smallest absolute Gasteiger partial charge is 0.338 e. The van der Waals surface area contributed by atoms with Gasteiger partial charge >= 0.3 is 6.03 Å². The molecule has 0 bridgehead atoms. The zero-order valence-electron chi connectivity index (χ0n) is 12.6. The van der Waals surface area contributed by atoms with Crippen LogP contribution in [0.2, 0.25) is 0 Å². The Hall–Kier alpha value is -2.58. The quantitative estimate of drug-likeness (QED) is 0.518. The summed E-state index contributed by atoms with van der Waals surface area (Å²) in [7, 11) is 0. The van der Waals surface area contributed by atoms with Crippen LogP contribution in [0.4, 0.5) is 4.79 Å². The molecule has 0 saturated carbocycles. The van der Waals surface area contributed by atoms with Gasteiger partial charge in [0.05, 0.1) is 12.1 Å². The summed E-state index contributed by atoms with van der Waals surface area (Å²) in [6.07, 6.45) is 0. The first-order valence-corrected chi connectivity index (χ1v) is 7.83. The van der Waals surface area contributed by atoms with Gasteiger partial charge in [-0.25, -0.2) is 9.86 Å². The lowest BCUT2D eigenvalue weighted by atomic mass is 10.2. The van der Waals surface area contributed by atoms with Gasteiger partial charge in [-0.2, -0.15) is 0 Å². The lowest BCUT2D eigenvalue weighted by Crippen LogP contribution is -2.39. The molecule has 0 aliphatic rings. The molecule has 126 valence electrons. The molecule has 8 heteroatoms. The van der Waals surface area contributed by atoms with Gasteiger partial charge in [0.2, 0.25) is 0 Å². The number of halogens is 1. The summed E-state index contributed by atoms with van der Waals surface area (Å²) in [5.41, 5.74) is 5.22. The molecule has 2 rings (SSSR count). The number of ether oxygens (including phenoxy) is 1. The average molecular weight is 394 g/mol. The molecule has 0 radical (unpaired) electrons. The SMILES string of the molecule is NC(=O)N(O)CCNC(=O)c1ccccc1Oc1ccc(Br)cc1. The Kier molecular flexibility index (Phi) is 6.16. The van der Waals surface area contributed by atoms with Gasteiger partial charge in [-0.3, -0.25) is 10.0 Å². The van der Waals surface area contributed by atoms with Gasteiger partial charge in [0.1, 0.15) is 11.5 Å². The first kappa shape index (κ1) is 17.8. The van der Waals surface area contributed by atoms with Crippen LogP contribution in [-0.2, 0) is 0 Å². The fourth-order valence-electron chi connectivity index (χ4n) is 1.85. The van der Waals surface area contributed by atoms with Gasteiger partial charge in [-0.1, -0.05) is 28.1 Å². The van der Waals surface area contributed by atoms with Crippen molar-refractivity contribution in [1.82, 2.24) is 10.4 Å². The molecule has 0 unspecified atom stereocenters. The van der Waals surface area contributed by atoms with Crippen LogP contribution in [0.25, 0.3) is 0 Å². The van der Waals surface area contributed by atoms with Crippen molar-refractivity contribution < 1.29 is 19.5 Å². The predicted octanol–water partition coefficient (Wildman–Crippen LogP) is 2.74. The lowest BCUT2D eigenvalue weighted by molar-refractivity contribution is -0.0376. The van der Waals surface area contributed by atoms with Gasteiger partial charge in [-0.15, -0.1) is 0 Å². The Balaban J connectivity index is 2.03. The maximum Gasteiger partial charge on any atom is 0.338 e. The molecule has 0 heterocycles. The molecule has 3 amide bonds. The zero-order chi connectivity index (χ0) is 17.5. The van der Waals surface area contributed by atoms with Gasteiger partial charge in [0.25, 0.3) is 5.91 Å². The van der Waals surface area contributed by atoms with E-state index in [9.17, 15) is 9.59 Å². The van der Waals surface area contributed by atoms with Gasteiger partial charge in [-0.05, 0) is 36.4 Å². The fourth-order valence-corrected chi connectivity index (χ4v) is 2.12. The fraction of sp³-hybridized carbons (Fsp3) is 0.125. The zero-order valence-corrected chi connectivity index (χ0v) is 14.2. The minimum Gasteiger partial charge on any atom is -0.457 e. The summed E-state index contributed by atoms with van der Waals surface area (Å²) in [5, 5.41) is 12.1. The van der Waals surface area contributed by atoms with E-state index >= 15 is 0 Å². The van der Waals surface area contributed by atoms with E-state index in [1.54, 1.807) is 36.4 Å². The third kappa shape index (κ3) is 4.97. The average Bonchev–Trinajstić information content (AvgIpc) is 2.57. The monoisotopic (exact) mass is 393 g/mol. The lowest BCUT2D eigenvalue weighted by Gasteiger charge is -2.14. The minimum atomic E-state index is -0.983. The number of hydrogen-bond acceptors (Lipinski definition) is 4. The van der Waals surface area contributed by atoms with Crippen LogP contribution in [0.3, 0.4) is 0 Å². The van der Waals surface area contributed by atoms with E-state index in [2.05, 4.69) is 21.2 Å². The Bertz CT molecular complexity index is 722. The molecule has 2 aromatic rings. The van der Waals surface area contributed by atoms with E-state index in [1.807, 2.05) is 12.1 Å². The van der Waals surface area contributed by atoms with Crippen molar-refractivity contribution in [2.45, 2.75) is 0 Å². The second-order valence-corrected chi connectivity index (χ2v) is 5.69. The highest BCUT2D eigenvalue weighted by Gasteiger charge is 2.13. The standard InChI is InChI=1S/C16H16BrN3O4/c17-11-5-7-12(8-6-11)24-14-4-2-1-3-13(14)15(21)19-9-10-20(23)16(18)22/h1-8,23H,9-10H2,(H2,18,22)(H,19,21). The molecule has 4 N–H and O–H groups in total. The Labute approximate surface area is 147 Å². The van der Waals surface area contributed by atoms with Gasteiger partial charge < -0.3 is 15.8 Å². The van der Waals surface area contributed by atoms with Crippen molar-refractivity contribution in [2.75, 3.05) is 13.1 Å². The van der Waals surface area contributed by atoms with Gasteiger partial charge in [0.15, 0.2) is 0 Å². The van der Waals surface area contributed by atoms with E-state index in [4.69, 9.17) is 15.7 Å². The summed E-state index contributed by atoms with van der Waals surface area (Å²) < 4.78 is 6.66. The summed E-state index contributed by atoms with van der Waals surface area (Å²) in [6.45, 7) is -0.0678. The summed E-state index contributed by atoms with van der Waals surface area (Å²) in [5.74, 6) is 0.599. The summed E-state index contributed by atoms with van der Waals surface area (Å²) >= 11 is 3.34. The highest BCUT2D eigenvalue weighted by Crippen LogP contribution is 2.26. The molecule has 7 nitrogen and oxygen atoms in total. The van der Waals surface area contributed by atoms with Crippen LogP contribution in [0.15, 0.2) is 53.0 Å². The number of urea groups is 1. The Morgan fingerprint density at radius 2 is 1.83 bits per heavy atom. The van der Waals surface area contributed by atoms with E-state index in [0.717, 1.165) is 4.47 Å². The Morgan fingerprint density at radius 3 is 2.50 bits per heavy atom. The molecule has 0 fully saturated rings. The number of nitrogens with zero attached hydrogens (tertiary/aromatic N) is 1. The maximum absolute atomic E-state index is 12.2. The topological polar surface area (TPSA) is 105 Å². The van der Waals surface area contributed by atoms with Crippen LogP contribution in [0, 0.1) is 0 Å². The maximum atomic E-state index is 12.2. The second kappa shape index (κ2) is 8.32. The molecule has 0 atom stereocenters. The van der Waals surface area contributed by atoms with E-state index in [-0.39, 0.29) is 19.0 Å². The van der Waals surface area contributed by atoms with Crippen LogP contribution in [0.1, 0.15) is 10.4 Å². The summed E-state index contributed by atoms with van der Waals surface area (Å²) in [6, 6.07) is 13.0. The highest BCUT2D eigenvalue weighted by molar-refractivity contribution is 9.10. The molecule has 24 heavy (non-hydrogen) atoms. The molecular formula is C16H16BrN3O4. The van der Waals surface area contributed by atoms with Crippen molar-refractivity contribution in [3.63, 3.8) is 0 Å². The highest BCUT2D eigenvalue weighted by atomic mass is 79.9. The molecule has 0 saturated heterocycles. The van der Waals surface area contributed by atoms with E-state index in [1.165, 1.54) is 0 Å². The van der Waals surface area contributed by atoms with E-state index in [0.29, 0.717) is 22.1 Å². The number of primary amides is 1. The van der Waals surface area contributed by atoms with Crippen molar-refractivity contribution in [3.05, 3.63) is 58.6 Å². The number of rotatable bonds is 6. The van der Waals surface area contributed by atoms with Crippen LogP contribution >= 0.6 is 15.9 Å². The number of nitrogens with one attached hydrogen (secondary N) is 1. The number of para-hydroxylation sites is 1. The normalized spacial score (nSPS) is 10.1. The Morgan fingerprint density at radius 1 is 1.17 bits per heavy atom. The molecule has 0 aliphatic heterocycles. The molecular weight excluding hydrogens is 378 g/mol. The number of carbonyl (C=O) groups is 2. The van der Waals surface area contributed by atoms with Crippen molar-refractivity contribution in [3.8, 4) is 11.5 Å². The van der Waals surface area contributed by atoms with E-state index < -0.39 is 6.03 Å². The number of benzene rings is 2. The largest absolute Gasteiger partial charge is 0.457 e. The van der Waals surface area contributed by atoms with Crippen molar-refractivity contribution in [1.29, 1.82) is 0 Å². The number of amides is 3. The number of hydroxylamine groups is 2. The summed E-state index contributed by atoms with van der Waals surface area (Å²) in [4.78, 5) is 22.9. The van der Waals surface area contributed by atoms with Crippen LogP contribution in [0.5, 0.6) is 11.5 Å². The first-order valence-electron chi connectivity index (χ1n) is 7.04. The number of hydrogen-bond donors (Lipinski definition) is 3. The third-order valence-corrected chi connectivity index (χ3v) is 3.57. The van der Waals surface area contributed by atoms with Crippen molar-refractivity contribution >= 4 is 27.9 Å². The van der Waals surface area contributed by atoms with Crippen LogP contribution in [-0.4, -0.2) is 35.3 Å². The molecule has 2 aromatic carbocycles. The number of carbonyl (C=O) groups excluding carboxylic acids is 2. The first-order chi connectivity index (χ1) is 11.5. The molecule has 0 spiro atoms. The third-order valence-electron chi connectivity index (χ3n) is 3.04. The van der Waals surface area contributed by atoms with Crippen LogP contribution < -0.4 is 15.8 Å². The molecule has 0 aliphatic carbocycles. The molecule has 0 aromatic heterocycles. The van der Waals surface area contributed by atoms with Gasteiger partial charge in [0, 0.05) is 11.0 Å². The predicted molar refractivity (Wildman–Crippen MR) is 91.1 cm³/mol. The number of nitrogens with two attached hydrogens (primary N) is 1. The minimum absolute atomic E-state index is 0.0465.